The van der Waals surface area contributed by atoms with Gasteiger partial charge in [-0.25, -0.2) is 9.78 Å². The largest absolute Gasteiger partial charge is 0.460 e. The van der Waals surface area contributed by atoms with E-state index in [2.05, 4.69) is 9.97 Å². The Balaban J connectivity index is 1.92. The number of nitrogens with one attached hydrogen (secondary N) is 1. The molecule has 0 bridgehead atoms. The lowest BCUT2D eigenvalue weighted by molar-refractivity contribution is 0.0484. The maximum Gasteiger partial charge on any atom is 0.374 e. The second-order valence-corrected chi connectivity index (χ2v) is 3.92. The fourth-order valence-corrected chi connectivity index (χ4v) is 1.53. The molecule has 0 aliphatic carbocycles. The van der Waals surface area contributed by atoms with Gasteiger partial charge in [0.2, 0.25) is 5.82 Å². The molecule has 0 radical (unpaired) electrons. The van der Waals surface area contributed by atoms with Gasteiger partial charge in [-0.15, -0.1) is 0 Å². The van der Waals surface area contributed by atoms with E-state index in [0.717, 1.165) is 38.5 Å². The van der Waals surface area contributed by atoms with Crippen LogP contribution in [0.2, 0.25) is 0 Å². The lowest BCUT2D eigenvalue weighted by atomic mass is 10.1. The van der Waals surface area contributed by atoms with Crippen LogP contribution in [0.4, 0.5) is 0 Å². The number of rotatable bonds is 9. The Morgan fingerprint density at radius 1 is 1.24 bits per heavy atom. The van der Waals surface area contributed by atoms with Crippen molar-refractivity contribution in [3.05, 3.63) is 18.2 Å². The Bertz CT molecular complexity index is 299. The summed E-state index contributed by atoms with van der Waals surface area (Å²) < 4.78 is 5.04. The van der Waals surface area contributed by atoms with Crippen molar-refractivity contribution in [1.29, 1.82) is 0 Å². The lowest BCUT2D eigenvalue weighted by Crippen LogP contribution is -2.08. The molecule has 5 heteroatoms. The summed E-state index contributed by atoms with van der Waals surface area (Å²) in [6.45, 7) is 0.723. The molecular weight excluding hydrogens is 220 g/mol. The second-order valence-electron chi connectivity index (χ2n) is 3.92. The first-order chi connectivity index (χ1) is 8.34. The van der Waals surface area contributed by atoms with E-state index in [9.17, 15) is 4.79 Å². The maximum absolute atomic E-state index is 11.3. The van der Waals surface area contributed by atoms with Crippen molar-refractivity contribution in [3.8, 4) is 0 Å². The number of hydrogen-bond donors (Lipinski definition) is 2. The van der Waals surface area contributed by atoms with Gasteiger partial charge in [0.1, 0.15) is 0 Å². The molecule has 1 heterocycles. The van der Waals surface area contributed by atoms with Crippen LogP contribution >= 0.6 is 0 Å². The van der Waals surface area contributed by atoms with E-state index in [1.807, 2.05) is 0 Å². The first kappa shape index (κ1) is 13.7. The number of carbonyl (C=O) groups is 1. The molecule has 0 saturated carbocycles. The monoisotopic (exact) mass is 240 g/mol. The van der Waals surface area contributed by atoms with Crippen LogP contribution < -0.4 is 0 Å². The van der Waals surface area contributed by atoms with Crippen LogP contribution in [0.15, 0.2) is 12.4 Å². The lowest BCUT2D eigenvalue weighted by Gasteiger charge is -2.03. The zero-order chi connectivity index (χ0) is 12.3. The van der Waals surface area contributed by atoms with Crippen LogP contribution in [0.5, 0.6) is 0 Å². The number of aromatic amines is 1. The highest BCUT2D eigenvalue weighted by Crippen LogP contribution is 2.05. The van der Waals surface area contributed by atoms with E-state index < -0.39 is 5.97 Å². The third-order valence-electron chi connectivity index (χ3n) is 2.48. The van der Waals surface area contributed by atoms with Crippen LogP contribution in [0.25, 0.3) is 0 Å². The van der Waals surface area contributed by atoms with Gasteiger partial charge in [0.25, 0.3) is 0 Å². The number of esters is 1. The molecule has 5 nitrogen and oxygen atoms in total. The predicted octanol–water partition coefficient (Wildman–Crippen LogP) is 1.90. The molecule has 96 valence electrons. The first-order valence-electron chi connectivity index (χ1n) is 6.12. The quantitative estimate of drug-likeness (QED) is 0.510. The van der Waals surface area contributed by atoms with Gasteiger partial charge < -0.3 is 14.8 Å². The Labute approximate surface area is 101 Å². The molecule has 2 N–H and O–H groups in total. The highest BCUT2D eigenvalue weighted by atomic mass is 16.5. The molecule has 0 aliphatic rings. The van der Waals surface area contributed by atoms with Crippen molar-refractivity contribution in [1.82, 2.24) is 9.97 Å². The van der Waals surface area contributed by atoms with Crippen LogP contribution in [-0.4, -0.2) is 34.3 Å². The molecule has 0 spiro atoms. The molecule has 1 aromatic rings. The molecule has 0 fully saturated rings. The highest BCUT2D eigenvalue weighted by molar-refractivity contribution is 5.84. The van der Waals surface area contributed by atoms with E-state index >= 15 is 0 Å². The van der Waals surface area contributed by atoms with Gasteiger partial charge in [0, 0.05) is 19.0 Å². The van der Waals surface area contributed by atoms with Crippen molar-refractivity contribution < 1.29 is 14.6 Å². The van der Waals surface area contributed by atoms with Gasteiger partial charge >= 0.3 is 5.97 Å². The zero-order valence-electron chi connectivity index (χ0n) is 10.0. The smallest absolute Gasteiger partial charge is 0.374 e. The van der Waals surface area contributed by atoms with E-state index in [1.54, 1.807) is 6.20 Å². The second kappa shape index (κ2) is 8.75. The van der Waals surface area contributed by atoms with Gasteiger partial charge in [0.15, 0.2) is 0 Å². The Hall–Kier alpha value is -1.36. The van der Waals surface area contributed by atoms with Gasteiger partial charge in [-0.2, -0.15) is 0 Å². The molecule has 0 unspecified atom stereocenters. The number of H-pyrrole nitrogens is 1. The summed E-state index contributed by atoms with van der Waals surface area (Å²) in [6.07, 6.45) is 9.26. The SMILES string of the molecule is O=C(OCCCCCCCCO)c1ncc[nH]1. The van der Waals surface area contributed by atoms with Crippen molar-refractivity contribution in [2.24, 2.45) is 0 Å². The molecule has 17 heavy (non-hydrogen) atoms. The van der Waals surface area contributed by atoms with Gasteiger partial charge in [-0.3, -0.25) is 0 Å². The van der Waals surface area contributed by atoms with E-state index in [1.165, 1.54) is 6.20 Å². The normalized spacial score (nSPS) is 10.4. The molecule has 0 aromatic carbocycles. The molecule has 1 aromatic heterocycles. The van der Waals surface area contributed by atoms with Crippen molar-refractivity contribution in [3.63, 3.8) is 0 Å². The Morgan fingerprint density at radius 3 is 2.59 bits per heavy atom. The van der Waals surface area contributed by atoms with Crippen LogP contribution in [0, 0.1) is 0 Å². The van der Waals surface area contributed by atoms with Crippen molar-refractivity contribution >= 4 is 5.97 Å². The minimum Gasteiger partial charge on any atom is -0.460 e. The summed E-state index contributed by atoms with van der Waals surface area (Å²) >= 11 is 0. The summed E-state index contributed by atoms with van der Waals surface area (Å²) in [4.78, 5) is 17.9. The molecule has 0 aliphatic heterocycles. The average molecular weight is 240 g/mol. The van der Waals surface area contributed by atoms with Crippen LogP contribution in [0.1, 0.15) is 49.1 Å². The fraction of sp³-hybridized carbons (Fsp3) is 0.667. The molecule has 1 rings (SSSR count). The number of aromatic nitrogens is 2. The number of carbonyl (C=O) groups excluding carboxylic acids is 1. The van der Waals surface area contributed by atoms with E-state index in [4.69, 9.17) is 9.84 Å². The average Bonchev–Trinajstić information content (AvgIpc) is 2.86. The maximum atomic E-state index is 11.3. The molecule has 0 amide bonds. The number of unbranched alkanes of at least 4 members (excludes halogenated alkanes) is 5. The first-order valence-corrected chi connectivity index (χ1v) is 6.12. The van der Waals surface area contributed by atoms with Crippen LogP contribution in [-0.2, 0) is 4.74 Å². The van der Waals surface area contributed by atoms with Gasteiger partial charge in [0.05, 0.1) is 6.61 Å². The number of aliphatic hydroxyl groups excluding tert-OH is 1. The van der Waals surface area contributed by atoms with Gasteiger partial charge in [-0.05, 0) is 12.8 Å². The van der Waals surface area contributed by atoms with Crippen molar-refractivity contribution in [2.75, 3.05) is 13.2 Å². The van der Waals surface area contributed by atoms with Gasteiger partial charge in [-0.1, -0.05) is 25.7 Å². The third kappa shape index (κ3) is 6.06. The standard InChI is InChI=1S/C12H20N2O3/c15-9-5-3-1-2-4-6-10-17-12(16)11-13-7-8-14-11/h7-8,15H,1-6,9-10H2,(H,13,14). The highest BCUT2D eigenvalue weighted by Gasteiger charge is 2.08. The minimum atomic E-state index is -0.393. The summed E-state index contributed by atoms with van der Waals surface area (Å²) in [5.74, 6) is -0.136. The third-order valence-corrected chi connectivity index (χ3v) is 2.48. The topological polar surface area (TPSA) is 75.2 Å². The van der Waals surface area contributed by atoms with E-state index in [0.29, 0.717) is 6.61 Å². The summed E-state index contributed by atoms with van der Waals surface area (Å²) in [5.41, 5.74) is 0. The Morgan fingerprint density at radius 2 is 1.94 bits per heavy atom. The molecule has 0 atom stereocenters. The van der Waals surface area contributed by atoms with E-state index in [-0.39, 0.29) is 12.4 Å². The fourth-order valence-electron chi connectivity index (χ4n) is 1.53. The number of ether oxygens (including phenoxy) is 1. The number of imidazole rings is 1. The number of nitrogens with zero attached hydrogens (tertiary/aromatic N) is 1. The summed E-state index contributed by atoms with van der Waals surface area (Å²) in [5, 5.41) is 8.59. The Kier molecular flexibility index (Phi) is 7.06. The molecular formula is C12H20N2O3. The number of hydrogen-bond acceptors (Lipinski definition) is 4. The predicted molar refractivity (Wildman–Crippen MR) is 63.7 cm³/mol. The summed E-state index contributed by atoms with van der Waals surface area (Å²) in [6, 6.07) is 0. The minimum absolute atomic E-state index is 0.257. The van der Waals surface area contributed by atoms with Crippen molar-refractivity contribution in [2.45, 2.75) is 38.5 Å². The zero-order valence-corrected chi connectivity index (χ0v) is 10.0. The number of aliphatic hydroxyl groups is 1. The molecule has 0 saturated heterocycles. The van der Waals surface area contributed by atoms with Crippen LogP contribution in [0.3, 0.4) is 0 Å². The summed E-state index contributed by atoms with van der Waals surface area (Å²) in [7, 11) is 0.